The molecule has 0 spiro atoms. The van der Waals surface area contributed by atoms with Gasteiger partial charge in [-0.2, -0.15) is 0 Å². The summed E-state index contributed by atoms with van der Waals surface area (Å²) >= 11 is 0. The largest absolute Gasteiger partial charge is 0.0882 e. The van der Waals surface area contributed by atoms with Gasteiger partial charge in [0.2, 0.25) is 0 Å². The zero-order valence-electron chi connectivity index (χ0n) is 6.43. The summed E-state index contributed by atoms with van der Waals surface area (Å²) in [6.45, 7) is 4.64. The van der Waals surface area contributed by atoms with Crippen LogP contribution in [0.2, 0.25) is 0 Å². The lowest BCUT2D eigenvalue weighted by atomic mass is 9.90. The van der Waals surface area contributed by atoms with Crippen molar-refractivity contribution in [2.45, 2.75) is 33.1 Å². The van der Waals surface area contributed by atoms with E-state index in [0.29, 0.717) is 0 Å². The number of hydrogen-bond donors (Lipinski definition) is 0. The second-order valence-corrected chi connectivity index (χ2v) is 3.09. The molecule has 0 bridgehead atoms. The van der Waals surface area contributed by atoms with E-state index in [9.17, 15) is 0 Å². The van der Waals surface area contributed by atoms with Crippen molar-refractivity contribution in [3.8, 4) is 0 Å². The Kier molecular flexibility index (Phi) is 2.32. The van der Waals surface area contributed by atoms with Crippen LogP contribution in [-0.2, 0) is 0 Å². The minimum absolute atomic E-state index is 0.931. The van der Waals surface area contributed by atoms with E-state index < -0.39 is 0 Å². The van der Waals surface area contributed by atoms with Crippen molar-refractivity contribution in [1.29, 1.82) is 0 Å². The third-order valence-corrected chi connectivity index (χ3v) is 2.49. The third-order valence-electron chi connectivity index (χ3n) is 2.49. The molecular formula is C9H16. The molecule has 0 saturated carbocycles. The van der Waals surface area contributed by atoms with Gasteiger partial charge in [-0.05, 0) is 24.7 Å². The summed E-state index contributed by atoms with van der Waals surface area (Å²) in [7, 11) is 0. The van der Waals surface area contributed by atoms with Crippen LogP contribution in [0.25, 0.3) is 0 Å². The Morgan fingerprint density at radius 3 is 2.44 bits per heavy atom. The lowest BCUT2D eigenvalue weighted by Crippen LogP contribution is -2.05. The van der Waals surface area contributed by atoms with Crippen molar-refractivity contribution in [3.63, 3.8) is 0 Å². The van der Waals surface area contributed by atoms with Crippen molar-refractivity contribution in [2.75, 3.05) is 0 Å². The van der Waals surface area contributed by atoms with Gasteiger partial charge in [-0.15, -0.1) is 0 Å². The number of hydrogen-bond acceptors (Lipinski definition) is 0. The predicted octanol–water partition coefficient (Wildman–Crippen LogP) is 3.00. The fraction of sp³-hybridized carbons (Fsp3) is 0.778. The van der Waals surface area contributed by atoms with Crippen molar-refractivity contribution in [3.05, 3.63) is 12.2 Å². The van der Waals surface area contributed by atoms with E-state index in [0.717, 1.165) is 11.8 Å². The maximum atomic E-state index is 2.36. The van der Waals surface area contributed by atoms with E-state index in [1.54, 1.807) is 0 Å². The number of rotatable bonds is 2. The van der Waals surface area contributed by atoms with Crippen molar-refractivity contribution in [1.82, 2.24) is 0 Å². The first-order valence-electron chi connectivity index (χ1n) is 3.99. The van der Waals surface area contributed by atoms with Crippen LogP contribution in [0.3, 0.4) is 0 Å². The topological polar surface area (TPSA) is 0 Å². The Morgan fingerprint density at radius 1 is 1.44 bits per heavy atom. The predicted molar refractivity (Wildman–Crippen MR) is 41.3 cm³/mol. The molecule has 0 aromatic rings. The average Bonchev–Trinajstić information content (AvgIpc) is 2.37. The monoisotopic (exact) mass is 124 g/mol. The highest BCUT2D eigenvalue weighted by molar-refractivity contribution is 4.95. The minimum atomic E-state index is 0.931. The number of allylic oxidation sites excluding steroid dienone is 2. The molecule has 52 valence electrons. The molecule has 0 heteroatoms. The van der Waals surface area contributed by atoms with Gasteiger partial charge in [0.15, 0.2) is 0 Å². The van der Waals surface area contributed by atoms with Crippen LogP contribution in [0.1, 0.15) is 33.1 Å². The molecule has 9 heavy (non-hydrogen) atoms. The fourth-order valence-corrected chi connectivity index (χ4v) is 1.44. The molecular weight excluding hydrogens is 108 g/mol. The molecule has 0 heterocycles. The maximum absolute atomic E-state index is 2.36. The lowest BCUT2D eigenvalue weighted by molar-refractivity contribution is 0.368. The Bertz CT molecular complexity index is 94.6. The highest BCUT2D eigenvalue weighted by Gasteiger charge is 2.15. The van der Waals surface area contributed by atoms with Crippen LogP contribution in [0.5, 0.6) is 0 Å². The SMILES string of the molecule is CCC(C)C1CC=CC1. The molecule has 0 saturated heterocycles. The van der Waals surface area contributed by atoms with Gasteiger partial charge in [0.05, 0.1) is 0 Å². The van der Waals surface area contributed by atoms with Gasteiger partial charge in [0.25, 0.3) is 0 Å². The summed E-state index contributed by atoms with van der Waals surface area (Å²) in [6, 6.07) is 0. The van der Waals surface area contributed by atoms with Gasteiger partial charge in [-0.3, -0.25) is 0 Å². The van der Waals surface area contributed by atoms with E-state index in [4.69, 9.17) is 0 Å². The summed E-state index contributed by atoms with van der Waals surface area (Å²) in [5.41, 5.74) is 0. The first-order valence-corrected chi connectivity index (χ1v) is 3.99. The molecule has 0 N–H and O–H groups in total. The molecule has 0 aromatic carbocycles. The minimum Gasteiger partial charge on any atom is -0.0882 e. The Balaban J connectivity index is 2.27. The van der Waals surface area contributed by atoms with Crippen LogP contribution in [0.15, 0.2) is 12.2 Å². The highest BCUT2D eigenvalue weighted by Crippen LogP contribution is 2.27. The smallest absolute Gasteiger partial charge is 0.0317 e. The maximum Gasteiger partial charge on any atom is -0.0317 e. The van der Waals surface area contributed by atoms with Gasteiger partial charge in [-0.25, -0.2) is 0 Å². The van der Waals surface area contributed by atoms with Crippen molar-refractivity contribution >= 4 is 0 Å². The zero-order valence-corrected chi connectivity index (χ0v) is 6.43. The van der Waals surface area contributed by atoms with Gasteiger partial charge in [-0.1, -0.05) is 32.4 Å². The molecule has 1 atom stereocenters. The average molecular weight is 124 g/mol. The van der Waals surface area contributed by atoms with E-state index in [1.165, 1.54) is 19.3 Å². The van der Waals surface area contributed by atoms with Crippen molar-refractivity contribution in [2.24, 2.45) is 11.8 Å². The fourth-order valence-electron chi connectivity index (χ4n) is 1.44. The summed E-state index contributed by atoms with van der Waals surface area (Å²) in [6.07, 6.45) is 8.63. The molecule has 1 aliphatic carbocycles. The Hall–Kier alpha value is -0.260. The van der Waals surface area contributed by atoms with Gasteiger partial charge >= 0.3 is 0 Å². The lowest BCUT2D eigenvalue weighted by Gasteiger charge is -2.15. The Labute approximate surface area is 58.0 Å². The van der Waals surface area contributed by atoms with Crippen LogP contribution in [-0.4, -0.2) is 0 Å². The Morgan fingerprint density at radius 2 is 2.00 bits per heavy atom. The standard InChI is InChI=1S/C9H16/c1-3-8(2)9-6-4-5-7-9/h4-5,8-9H,3,6-7H2,1-2H3. The van der Waals surface area contributed by atoms with Gasteiger partial charge in [0.1, 0.15) is 0 Å². The molecule has 0 nitrogen and oxygen atoms in total. The summed E-state index contributed by atoms with van der Waals surface area (Å²) in [4.78, 5) is 0. The second kappa shape index (κ2) is 3.05. The molecule has 0 radical (unpaired) electrons. The second-order valence-electron chi connectivity index (χ2n) is 3.09. The van der Waals surface area contributed by atoms with E-state index in [1.807, 2.05) is 0 Å². The molecule has 1 unspecified atom stereocenters. The first kappa shape index (κ1) is 6.85. The van der Waals surface area contributed by atoms with E-state index in [2.05, 4.69) is 26.0 Å². The third kappa shape index (κ3) is 1.57. The van der Waals surface area contributed by atoms with Gasteiger partial charge < -0.3 is 0 Å². The highest BCUT2D eigenvalue weighted by atomic mass is 14.2. The van der Waals surface area contributed by atoms with Crippen LogP contribution >= 0.6 is 0 Å². The normalized spacial score (nSPS) is 22.9. The molecule has 0 aromatic heterocycles. The van der Waals surface area contributed by atoms with Gasteiger partial charge in [0, 0.05) is 0 Å². The molecule has 1 aliphatic rings. The quantitative estimate of drug-likeness (QED) is 0.496. The molecule has 0 amide bonds. The van der Waals surface area contributed by atoms with Crippen LogP contribution in [0, 0.1) is 11.8 Å². The summed E-state index contributed by atoms with van der Waals surface area (Å²) < 4.78 is 0. The van der Waals surface area contributed by atoms with Crippen LogP contribution in [0.4, 0.5) is 0 Å². The molecule has 0 aliphatic heterocycles. The summed E-state index contributed by atoms with van der Waals surface area (Å²) in [5, 5.41) is 0. The first-order chi connectivity index (χ1) is 4.34. The van der Waals surface area contributed by atoms with Crippen LogP contribution < -0.4 is 0 Å². The molecule has 1 rings (SSSR count). The molecule has 0 fully saturated rings. The van der Waals surface area contributed by atoms with Crippen molar-refractivity contribution < 1.29 is 0 Å². The van der Waals surface area contributed by atoms with E-state index >= 15 is 0 Å². The summed E-state index contributed by atoms with van der Waals surface area (Å²) in [5.74, 6) is 1.90. The zero-order chi connectivity index (χ0) is 6.69. The van der Waals surface area contributed by atoms with E-state index in [-0.39, 0.29) is 0 Å².